The van der Waals surface area contributed by atoms with Crippen LogP contribution in [0.1, 0.15) is 47.1 Å². The lowest BCUT2D eigenvalue weighted by atomic mass is 10.1. The van der Waals surface area contributed by atoms with E-state index < -0.39 is 0 Å². The number of hydrogen-bond acceptors (Lipinski definition) is 5. The molecule has 2 aromatic carbocycles. The summed E-state index contributed by atoms with van der Waals surface area (Å²) in [5.74, 6) is 0.0340. The van der Waals surface area contributed by atoms with Gasteiger partial charge in [-0.1, -0.05) is 12.1 Å². The summed E-state index contributed by atoms with van der Waals surface area (Å²) in [4.78, 5) is 38.9. The highest BCUT2D eigenvalue weighted by molar-refractivity contribution is 5.96. The third kappa shape index (κ3) is 7.05. The van der Waals surface area contributed by atoms with Gasteiger partial charge in [-0.15, -0.1) is 0 Å². The number of carbonyl (C=O) groups is 3. The number of hydrogen-bond donors (Lipinski definition) is 2. The minimum Gasteiger partial charge on any atom is -0.494 e. The van der Waals surface area contributed by atoms with E-state index in [0.29, 0.717) is 43.1 Å². The lowest BCUT2D eigenvalue weighted by molar-refractivity contribution is -0.120. The van der Waals surface area contributed by atoms with E-state index >= 15 is 0 Å². The Bertz CT molecular complexity index is 949. The second kappa shape index (κ2) is 11.5. The standard InChI is InChI=1S/C25H31N3O5/c1-4-32-22-11-9-20(10-12-22)24(30)27-14-23(29)26-13-19-5-7-21(8-6-19)25(31)28-15-17(2)33-18(3)16-28/h5-12,17-18H,4,13-16H2,1-3H3,(H,26,29)(H,27,30). The van der Waals surface area contributed by atoms with Crippen molar-refractivity contribution in [2.24, 2.45) is 0 Å². The van der Waals surface area contributed by atoms with E-state index in [2.05, 4.69) is 10.6 Å². The first kappa shape index (κ1) is 24.3. The predicted octanol–water partition coefficient (Wildman–Crippen LogP) is 2.38. The Morgan fingerprint density at radius 2 is 1.55 bits per heavy atom. The van der Waals surface area contributed by atoms with Crippen molar-refractivity contribution in [2.75, 3.05) is 26.2 Å². The molecule has 1 fully saturated rings. The maximum Gasteiger partial charge on any atom is 0.254 e. The first-order chi connectivity index (χ1) is 15.9. The molecule has 2 aromatic rings. The summed E-state index contributed by atoms with van der Waals surface area (Å²) in [7, 11) is 0. The van der Waals surface area contributed by atoms with Crippen molar-refractivity contribution in [2.45, 2.75) is 39.5 Å². The average molecular weight is 454 g/mol. The van der Waals surface area contributed by atoms with Gasteiger partial charge in [0, 0.05) is 30.8 Å². The summed E-state index contributed by atoms with van der Waals surface area (Å²) in [6.45, 7) is 7.68. The summed E-state index contributed by atoms with van der Waals surface area (Å²) in [5.41, 5.74) is 1.92. The predicted molar refractivity (Wildman–Crippen MR) is 124 cm³/mol. The first-order valence-electron chi connectivity index (χ1n) is 11.2. The highest BCUT2D eigenvalue weighted by atomic mass is 16.5. The Labute approximate surface area is 194 Å². The van der Waals surface area contributed by atoms with Gasteiger partial charge in [-0.25, -0.2) is 0 Å². The summed E-state index contributed by atoms with van der Waals surface area (Å²) in [6.07, 6.45) is 0.0317. The summed E-state index contributed by atoms with van der Waals surface area (Å²) >= 11 is 0. The van der Waals surface area contributed by atoms with E-state index in [9.17, 15) is 14.4 Å². The molecule has 1 saturated heterocycles. The van der Waals surface area contributed by atoms with Gasteiger partial charge in [0.1, 0.15) is 5.75 Å². The van der Waals surface area contributed by atoms with E-state index in [1.807, 2.05) is 37.8 Å². The fourth-order valence-corrected chi connectivity index (χ4v) is 3.69. The molecule has 2 unspecified atom stereocenters. The molecule has 0 bridgehead atoms. The quantitative estimate of drug-likeness (QED) is 0.640. The number of carbonyl (C=O) groups excluding carboxylic acids is 3. The maximum absolute atomic E-state index is 12.7. The number of rotatable bonds is 8. The molecular formula is C25H31N3O5. The largest absolute Gasteiger partial charge is 0.494 e. The molecule has 3 amide bonds. The van der Waals surface area contributed by atoms with Crippen LogP contribution in [0.4, 0.5) is 0 Å². The molecule has 0 radical (unpaired) electrons. The summed E-state index contributed by atoms with van der Waals surface area (Å²) in [6, 6.07) is 13.9. The van der Waals surface area contributed by atoms with Crippen molar-refractivity contribution in [3.63, 3.8) is 0 Å². The minimum absolute atomic E-state index is 0.0158. The minimum atomic E-state index is -0.331. The zero-order valence-corrected chi connectivity index (χ0v) is 19.3. The maximum atomic E-state index is 12.7. The molecule has 2 atom stereocenters. The normalized spacial score (nSPS) is 17.8. The molecule has 0 spiro atoms. The van der Waals surface area contributed by atoms with Crippen LogP contribution in [0, 0.1) is 0 Å². The zero-order valence-electron chi connectivity index (χ0n) is 19.3. The second-order valence-electron chi connectivity index (χ2n) is 8.08. The van der Waals surface area contributed by atoms with Crippen LogP contribution in [0.2, 0.25) is 0 Å². The van der Waals surface area contributed by atoms with E-state index in [0.717, 1.165) is 5.56 Å². The van der Waals surface area contributed by atoms with Crippen molar-refractivity contribution in [1.29, 1.82) is 0 Å². The molecule has 1 heterocycles. The van der Waals surface area contributed by atoms with Gasteiger partial charge in [-0.2, -0.15) is 0 Å². The molecule has 176 valence electrons. The van der Waals surface area contributed by atoms with Crippen LogP contribution in [0.3, 0.4) is 0 Å². The van der Waals surface area contributed by atoms with Crippen molar-refractivity contribution >= 4 is 17.7 Å². The van der Waals surface area contributed by atoms with Gasteiger partial charge in [-0.3, -0.25) is 14.4 Å². The van der Waals surface area contributed by atoms with E-state index in [4.69, 9.17) is 9.47 Å². The highest BCUT2D eigenvalue weighted by Crippen LogP contribution is 2.15. The van der Waals surface area contributed by atoms with Crippen molar-refractivity contribution in [3.8, 4) is 5.75 Å². The van der Waals surface area contributed by atoms with Crippen molar-refractivity contribution in [1.82, 2.24) is 15.5 Å². The van der Waals surface area contributed by atoms with Gasteiger partial charge in [-0.05, 0) is 62.7 Å². The Kier molecular flexibility index (Phi) is 8.43. The van der Waals surface area contributed by atoms with Gasteiger partial charge in [0.05, 0.1) is 25.4 Å². The highest BCUT2D eigenvalue weighted by Gasteiger charge is 2.26. The Balaban J connectivity index is 1.43. The Morgan fingerprint density at radius 3 is 2.15 bits per heavy atom. The number of morpholine rings is 1. The molecule has 3 rings (SSSR count). The van der Waals surface area contributed by atoms with Gasteiger partial charge in [0.15, 0.2) is 0 Å². The number of benzene rings is 2. The average Bonchev–Trinajstić information content (AvgIpc) is 2.81. The Hall–Kier alpha value is -3.39. The second-order valence-corrected chi connectivity index (χ2v) is 8.08. The summed E-state index contributed by atoms with van der Waals surface area (Å²) in [5, 5.41) is 5.37. The lowest BCUT2D eigenvalue weighted by Crippen LogP contribution is -2.48. The number of ether oxygens (including phenoxy) is 2. The van der Waals surface area contributed by atoms with Crippen molar-refractivity contribution < 1.29 is 23.9 Å². The number of nitrogens with one attached hydrogen (secondary N) is 2. The van der Waals surface area contributed by atoms with E-state index in [-0.39, 0.29) is 36.5 Å². The molecule has 0 aromatic heterocycles. The number of nitrogens with zero attached hydrogens (tertiary/aromatic N) is 1. The van der Waals surface area contributed by atoms with Gasteiger partial charge in [0.25, 0.3) is 11.8 Å². The van der Waals surface area contributed by atoms with Gasteiger partial charge >= 0.3 is 0 Å². The smallest absolute Gasteiger partial charge is 0.254 e. The number of amides is 3. The van der Waals surface area contributed by atoms with E-state index in [1.54, 1.807) is 36.4 Å². The molecule has 1 aliphatic heterocycles. The van der Waals surface area contributed by atoms with Crippen LogP contribution in [-0.2, 0) is 16.1 Å². The van der Waals surface area contributed by atoms with Crippen LogP contribution >= 0.6 is 0 Å². The van der Waals surface area contributed by atoms with Crippen LogP contribution in [0.25, 0.3) is 0 Å². The van der Waals surface area contributed by atoms with Crippen LogP contribution in [-0.4, -0.2) is 61.1 Å². The van der Waals surface area contributed by atoms with Gasteiger partial charge < -0.3 is 25.0 Å². The fraction of sp³-hybridized carbons (Fsp3) is 0.400. The molecule has 33 heavy (non-hydrogen) atoms. The van der Waals surface area contributed by atoms with Gasteiger partial charge in [0.2, 0.25) is 5.91 Å². The topological polar surface area (TPSA) is 97.0 Å². The molecule has 8 heteroatoms. The van der Waals surface area contributed by atoms with Crippen LogP contribution < -0.4 is 15.4 Å². The molecule has 2 N–H and O–H groups in total. The third-order valence-electron chi connectivity index (χ3n) is 5.23. The monoisotopic (exact) mass is 453 g/mol. The van der Waals surface area contributed by atoms with Crippen molar-refractivity contribution in [3.05, 3.63) is 65.2 Å². The Morgan fingerprint density at radius 1 is 0.939 bits per heavy atom. The summed E-state index contributed by atoms with van der Waals surface area (Å²) < 4.78 is 11.0. The molecule has 0 aliphatic carbocycles. The molecular weight excluding hydrogens is 422 g/mol. The van der Waals surface area contributed by atoms with Crippen LogP contribution in [0.5, 0.6) is 5.75 Å². The molecule has 8 nitrogen and oxygen atoms in total. The third-order valence-corrected chi connectivity index (χ3v) is 5.23. The fourth-order valence-electron chi connectivity index (χ4n) is 3.69. The molecule has 1 aliphatic rings. The first-order valence-corrected chi connectivity index (χ1v) is 11.2. The zero-order chi connectivity index (χ0) is 23.8. The SMILES string of the molecule is CCOc1ccc(C(=O)NCC(=O)NCc2ccc(C(=O)N3CC(C)OC(C)C3)cc2)cc1. The lowest BCUT2D eigenvalue weighted by Gasteiger charge is -2.35. The van der Waals surface area contributed by atoms with E-state index in [1.165, 1.54) is 0 Å². The van der Waals surface area contributed by atoms with Crippen LogP contribution in [0.15, 0.2) is 48.5 Å². The molecule has 0 saturated carbocycles.